The molecule has 0 N–H and O–H groups in total. The van der Waals surface area contributed by atoms with Gasteiger partial charge in [0, 0.05) is 31.7 Å². The largest absolute Gasteiger partial charge is 0.445 e. The van der Waals surface area contributed by atoms with Gasteiger partial charge < -0.3 is 19.4 Å². The van der Waals surface area contributed by atoms with E-state index in [9.17, 15) is 27.6 Å². The van der Waals surface area contributed by atoms with E-state index in [4.69, 9.17) is 9.72 Å². The average molecular weight is 601 g/mol. The van der Waals surface area contributed by atoms with Crippen molar-refractivity contribution in [1.82, 2.24) is 14.9 Å². The van der Waals surface area contributed by atoms with E-state index in [1.165, 1.54) is 28.8 Å². The number of nitrogens with zero attached hydrogens (tertiary/aromatic N) is 6. The SMILES string of the molecule is CSc1nc2c(c(N3CCN(C(=O)OCc4ccccc4)[C@@H](CC#N)C3)n1)CCN(c1cccc(F)c1C(F)(F)F)C2. The number of halogens is 4. The first-order valence-electron chi connectivity index (χ1n) is 13.3. The van der Waals surface area contributed by atoms with Crippen molar-refractivity contribution in [2.75, 3.05) is 42.2 Å². The number of carbonyl (C=O) groups is 1. The minimum absolute atomic E-state index is 0.0539. The minimum atomic E-state index is -4.85. The van der Waals surface area contributed by atoms with Gasteiger partial charge in [0.25, 0.3) is 0 Å². The summed E-state index contributed by atoms with van der Waals surface area (Å²) < 4.78 is 61.1. The maximum absolute atomic E-state index is 14.3. The number of thioether (sulfide) groups is 1. The highest BCUT2D eigenvalue weighted by Gasteiger charge is 2.40. The Bertz CT molecular complexity index is 1480. The lowest BCUT2D eigenvalue weighted by molar-refractivity contribution is -0.139. The van der Waals surface area contributed by atoms with E-state index in [-0.39, 0.29) is 31.8 Å². The van der Waals surface area contributed by atoms with Crippen LogP contribution in [0.3, 0.4) is 0 Å². The monoisotopic (exact) mass is 600 g/mol. The number of rotatable bonds is 6. The van der Waals surface area contributed by atoms with Crippen molar-refractivity contribution in [3.05, 3.63) is 76.7 Å². The Hall–Kier alpha value is -4.05. The smallest absolute Gasteiger partial charge is 0.421 e. The molecule has 1 atom stereocenters. The Labute approximate surface area is 244 Å². The van der Waals surface area contributed by atoms with E-state index in [1.807, 2.05) is 35.2 Å². The van der Waals surface area contributed by atoms with Gasteiger partial charge in [-0.1, -0.05) is 48.2 Å². The highest BCUT2D eigenvalue weighted by atomic mass is 32.2. The molecule has 42 heavy (non-hydrogen) atoms. The summed E-state index contributed by atoms with van der Waals surface area (Å²) in [5.41, 5.74) is 0.700. The van der Waals surface area contributed by atoms with Crippen LogP contribution in [0, 0.1) is 17.1 Å². The van der Waals surface area contributed by atoms with Crippen molar-refractivity contribution in [1.29, 1.82) is 5.26 Å². The van der Waals surface area contributed by atoms with Crippen LogP contribution in [0.4, 0.5) is 33.9 Å². The second kappa shape index (κ2) is 12.4. The van der Waals surface area contributed by atoms with Gasteiger partial charge >= 0.3 is 12.3 Å². The molecule has 220 valence electrons. The topological polar surface area (TPSA) is 85.6 Å². The molecule has 3 heterocycles. The molecule has 1 saturated heterocycles. The maximum atomic E-state index is 14.3. The first-order chi connectivity index (χ1) is 20.2. The van der Waals surface area contributed by atoms with Gasteiger partial charge in [-0.15, -0.1) is 0 Å². The second-order valence-electron chi connectivity index (χ2n) is 9.96. The zero-order valence-electron chi connectivity index (χ0n) is 22.8. The number of piperazine rings is 1. The molecule has 8 nitrogen and oxygen atoms in total. The van der Waals surface area contributed by atoms with Gasteiger partial charge in [-0.05, 0) is 30.4 Å². The van der Waals surface area contributed by atoms with Crippen LogP contribution >= 0.6 is 11.8 Å². The number of fused-ring (bicyclic) bond motifs is 1. The van der Waals surface area contributed by atoms with Crippen molar-refractivity contribution in [3.8, 4) is 6.07 Å². The normalized spacial score (nSPS) is 17.0. The van der Waals surface area contributed by atoms with Crippen molar-refractivity contribution in [2.24, 2.45) is 0 Å². The Balaban J connectivity index is 1.37. The van der Waals surface area contributed by atoms with Gasteiger partial charge in [-0.25, -0.2) is 19.2 Å². The number of alkyl halides is 3. The molecule has 2 aliphatic heterocycles. The quantitative estimate of drug-likeness (QED) is 0.204. The highest BCUT2D eigenvalue weighted by Crippen LogP contribution is 2.40. The van der Waals surface area contributed by atoms with E-state index in [0.29, 0.717) is 42.7 Å². The lowest BCUT2D eigenvalue weighted by atomic mass is 10.0. The predicted octanol–water partition coefficient (Wildman–Crippen LogP) is 5.66. The highest BCUT2D eigenvalue weighted by molar-refractivity contribution is 7.98. The van der Waals surface area contributed by atoms with Crippen molar-refractivity contribution < 1.29 is 27.1 Å². The zero-order chi connectivity index (χ0) is 29.9. The molecule has 5 rings (SSSR count). The molecular weight excluding hydrogens is 572 g/mol. The molecule has 2 aliphatic rings. The molecule has 13 heteroatoms. The summed E-state index contributed by atoms with van der Waals surface area (Å²) in [5, 5.41) is 9.95. The third-order valence-corrected chi connectivity index (χ3v) is 7.92. The van der Waals surface area contributed by atoms with Crippen LogP contribution in [0.15, 0.2) is 53.7 Å². The van der Waals surface area contributed by atoms with Crippen LogP contribution in [-0.2, 0) is 30.5 Å². The Morgan fingerprint density at radius 1 is 1.10 bits per heavy atom. The lowest BCUT2D eigenvalue weighted by Gasteiger charge is -2.42. The van der Waals surface area contributed by atoms with Gasteiger partial charge in [-0.3, -0.25) is 0 Å². The van der Waals surface area contributed by atoms with Crippen LogP contribution in [0.2, 0.25) is 0 Å². The molecule has 1 amide bonds. The van der Waals surface area contributed by atoms with E-state index in [0.717, 1.165) is 17.2 Å². The Morgan fingerprint density at radius 3 is 2.60 bits per heavy atom. The number of hydrogen-bond donors (Lipinski definition) is 0. The number of amides is 1. The molecule has 1 aromatic heterocycles. The predicted molar refractivity (Wildman–Crippen MR) is 150 cm³/mol. The fourth-order valence-electron chi connectivity index (χ4n) is 5.37. The van der Waals surface area contributed by atoms with Crippen molar-refractivity contribution in [3.63, 3.8) is 0 Å². The molecule has 0 aliphatic carbocycles. The molecule has 0 unspecified atom stereocenters. The molecule has 0 spiro atoms. The summed E-state index contributed by atoms with van der Waals surface area (Å²) >= 11 is 1.30. The summed E-state index contributed by atoms with van der Waals surface area (Å²) in [7, 11) is 0. The summed E-state index contributed by atoms with van der Waals surface area (Å²) in [6.07, 6.45) is -3.11. The lowest BCUT2D eigenvalue weighted by Crippen LogP contribution is -2.55. The Kier molecular flexibility index (Phi) is 8.72. The van der Waals surface area contributed by atoms with Gasteiger partial charge in [-0.2, -0.15) is 18.4 Å². The van der Waals surface area contributed by atoms with Crippen LogP contribution in [-0.4, -0.2) is 59.4 Å². The number of anilines is 2. The van der Waals surface area contributed by atoms with Crippen molar-refractivity contribution in [2.45, 2.75) is 43.4 Å². The number of nitriles is 1. The van der Waals surface area contributed by atoms with Gasteiger partial charge in [0.15, 0.2) is 5.16 Å². The molecule has 0 radical (unpaired) electrons. The minimum Gasteiger partial charge on any atom is -0.445 e. The van der Waals surface area contributed by atoms with Gasteiger partial charge in [0.2, 0.25) is 0 Å². The Morgan fingerprint density at radius 2 is 1.88 bits per heavy atom. The molecule has 0 bridgehead atoms. The number of hydrogen-bond acceptors (Lipinski definition) is 8. The van der Waals surface area contributed by atoms with Crippen LogP contribution in [0.25, 0.3) is 0 Å². The second-order valence-corrected chi connectivity index (χ2v) is 10.7. The van der Waals surface area contributed by atoms with Crippen LogP contribution in [0.1, 0.15) is 28.8 Å². The van der Waals surface area contributed by atoms with E-state index in [2.05, 4.69) is 11.1 Å². The number of benzene rings is 2. The molecule has 1 fully saturated rings. The number of carbonyl (C=O) groups excluding carboxylic acids is 1. The van der Waals surface area contributed by atoms with Crippen LogP contribution in [0.5, 0.6) is 0 Å². The standard InChI is InChI=1S/C29H28F4N6O2S/c1-42-27-35-23-17-37(24-9-5-8-22(30)25(24)29(31,32)33)13-11-21(23)26(36-27)38-14-15-39(20(16-38)10-12-34)28(40)41-18-19-6-3-2-4-7-19/h2-9,20H,10-11,13-18H2,1H3/t20-/m0/s1. The maximum Gasteiger partial charge on any atom is 0.421 e. The fourth-order valence-corrected chi connectivity index (χ4v) is 5.75. The summed E-state index contributed by atoms with van der Waals surface area (Å²) in [5.74, 6) is -0.679. The van der Waals surface area contributed by atoms with E-state index < -0.39 is 29.7 Å². The first kappa shape index (κ1) is 29.4. The molecular formula is C29H28F4N6O2S. The molecule has 0 saturated carbocycles. The summed E-state index contributed by atoms with van der Waals surface area (Å²) in [4.78, 5) is 27.4. The van der Waals surface area contributed by atoms with Gasteiger partial charge in [0.05, 0.1) is 36.5 Å². The van der Waals surface area contributed by atoms with Crippen molar-refractivity contribution >= 4 is 29.4 Å². The fraction of sp³-hybridized carbons (Fsp3) is 0.379. The van der Waals surface area contributed by atoms with Gasteiger partial charge in [0.1, 0.15) is 23.8 Å². The molecule has 3 aromatic rings. The molecule has 2 aromatic carbocycles. The number of aromatic nitrogens is 2. The number of ether oxygens (including phenoxy) is 1. The first-order valence-corrected chi connectivity index (χ1v) is 14.6. The average Bonchev–Trinajstić information content (AvgIpc) is 2.99. The summed E-state index contributed by atoms with van der Waals surface area (Å²) in [6.45, 7) is 1.44. The zero-order valence-corrected chi connectivity index (χ0v) is 23.6. The third-order valence-electron chi connectivity index (χ3n) is 7.37. The van der Waals surface area contributed by atoms with E-state index >= 15 is 0 Å². The van der Waals surface area contributed by atoms with E-state index in [1.54, 1.807) is 11.2 Å². The third kappa shape index (κ3) is 6.23. The van der Waals surface area contributed by atoms with Crippen LogP contribution < -0.4 is 9.80 Å². The summed E-state index contributed by atoms with van der Waals surface area (Å²) in [6, 6.07) is 14.4.